The number of unbranched alkanes of at least 4 members (excludes halogenated alkanes) is 1. The number of phenols is 1. The number of benzene rings is 3. The third-order valence-electron chi connectivity index (χ3n) is 4.00. The molecule has 3 rings (SSSR count). The van der Waals surface area contributed by atoms with Crippen molar-refractivity contribution in [1.82, 2.24) is 0 Å². The SMILES string of the molecule is Oc1ccc2c(-c3ccccc3CCCCF)cccc2c1. The summed E-state index contributed by atoms with van der Waals surface area (Å²) < 4.78 is 12.3. The van der Waals surface area contributed by atoms with E-state index >= 15 is 0 Å². The fraction of sp³-hybridized carbons (Fsp3) is 0.200. The van der Waals surface area contributed by atoms with Crippen molar-refractivity contribution in [3.05, 3.63) is 66.2 Å². The Morgan fingerprint density at radius 1 is 0.818 bits per heavy atom. The van der Waals surface area contributed by atoms with Crippen molar-refractivity contribution in [2.45, 2.75) is 19.3 Å². The summed E-state index contributed by atoms with van der Waals surface area (Å²) in [6.45, 7) is -0.254. The zero-order chi connectivity index (χ0) is 15.4. The minimum atomic E-state index is -0.254. The minimum Gasteiger partial charge on any atom is -0.508 e. The Morgan fingerprint density at radius 3 is 2.50 bits per heavy atom. The van der Waals surface area contributed by atoms with Gasteiger partial charge in [0.25, 0.3) is 0 Å². The Labute approximate surface area is 130 Å². The van der Waals surface area contributed by atoms with Gasteiger partial charge in [-0.2, -0.15) is 0 Å². The van der Waals surface area contributed by atoms with Crippen LogP contribution in [0.5, 0.6) is 5.75 Å². The van der Waals surface area contributed by atoms with Gasteiger partial charge in [0.05, 0.1) is 6.67 Å². The van der Waals surface area contributed by atoms with Gasteiger partial charge in [0.2, 0.25) is 0 Å². The summed E-state index contributed by atoms with van der Waals surface area (Å²) in [4.78, 5) is 0. The van der Waals surface area contributed by atoms with E-state index in [-0.39, 0.29) is 12.4 Å². The molecule has 3 aromatic rings. The largest absolute Gasteiger partial charge is 0.508 e. The zero-order valence-corrected chi connectivity index (χ0v) is 12.4. The van der Waals surface area contributed by atoms with Crippen LogP contribution >= 0.6 is 0 Å². The maximum absolute atomic E-state index is 12.3. The number of hydrogen-bond donors (Lipinski definition) is 1. The number of halogens is 1. The Bertz CT molecular complexity index is 780. The van der Waals surface area contributed by atoms with Gasteiger partial charge in [0.1, 0.15) is 5.75 Å². The molecule has 0 atom stereocenters. The summed E-state index contributed by atoms with van der Waals surface area (Å²) in [6.07, 6.45) is 2.35. The highest BCUT2D eigenvalue weighted by Gasteiger charge is 2.08. The first-order chi connectivity index (χ1) is 10.8. The van der Waals surface area contributed by atoms with Gasteiger partial charge < -0.3 is 5.11 Å². The molecule has 3 aromatic carbocycles. The number of rotatable bonds is 5. The van der Waals surface area contributed by atoms with E-state index in [1.165, 1.54) is 11.1 Å². The molecule has 0 saturated heterocycles. The average Bonchev–Trinajstić information content (AvgIpc) is 2.55. The van der Waals surface area contributed by atoms with Crippen LogP contribution in [0.3, 0.4) is 0 Å². The summed E-state index contributed by atoms with van der Waals surface area (Å²) in [5.74, 6) is 0.279. The van der Waals surface area contributed by atoms with Gasteiger partial charge in [-0.15, -0.1) is 0 Å². The lowest BCUT2D eigenvalue weighted by molar-refractivity contribution is 0.462. The van der Waals surface area contributed by atoms with E-state index in [0.29, 0.717) is 6.42 Å². The summed E-state index contributed by atoms with van der Waals surface area (Å²) in [5.41, 5.74) is 3.60. The van der Waals surface area contributed by atoms with Crippen LogP contribution < -0.4 is 0 Å². The van der Waals surface area contributed by atoms with Crippen LogP contribution in [0.4, 0.5) is 4.39 Å². The number of aromatic hydroxyl groups is 1. The second-order valence-corrected chi connectivity index (χ2v) is 5.51. The maximum Gasteiger partial charge on any atom is 0.116 e. The molecule has 0 spiro atoms. The van der Waals surface area contributed by atoms with Crippen molar-refractivity contribution in [2.24, 2.45) is 0 Å². The monoisotopic (exact) mass is 294 g/mol. The Balaban J connectivity index is 2.08. The van der Waals surface area contributed by atoms with Crippen LogP contribution in [0.25, 0.3) is 21.9 Å². The molecular formula is C20H19FO. The number of aryl methyl sites for hydroxylation is 1. The molecule has 0 unspecified atom stereocenters. The second kappa shape index (κ2) is 6.61. The predicted octanol–water partition coefficient (Wildman–Crippen LogP) is 5.50. The minimum absolute atomic E-state index is 0.254. The lowest BCUT2D eigenvalue weighted by Crippen LogP contribution is -1.92. The fourth-order valence-electron chi connectivity index (χ4n) is 2.92. The molecule has 0 radical (unpaired) electrons. The van der Waals surface area contributed by atoms with Crippen LogP contribution in [0, 0.1) is 0 Å². The Hall–Kier alpha value is -2.35. The van der Waals surface area contributed by atoms with Crippen molar-refractivity contribution < 1.29 is 9.50 Å². The third-order valence-corrected chi connectivity index (χ3v) is 4.00. The van der Waals surface area contributed by atoms with E-state index < -0.39 is 0 Å². The Kier molecular flexibility index (Phi) is 4.38. The molecule has 2 heteroatoms. The molecule has 1 N–H and O–H groups in total. The smallest absolute Gasteiger partial charge is 0.116 e. The summed E-state index contributed by atoms with van der Waals surface area (Å²) in [5, 5.41) is 11.8. The molecular weight excluding hydrogens is 275 g/mol. The van der Waals surface area contributed by atoms with E-state index in [1.54, 1.807) is 12.1 Å². The molecule has 0 aliphatic rings. The molecule has 0 saturated carbocycles. The average molecular weight is 294 g/mol. The van der Waals surface area contributed by atoms with E-state index in [2.05, 4.69) is 18.2 Å². The van der Waals surface area contributed by atoms with Crippen LogP contribution in [-0.2, 0) is 6.42 Å². The molecule has 0 heterocycles. The maximum atomic E-state index is 12.3. The van der Waals surface area contributed by atoms with Gasteiger partial charge >= 0.3 is 0 Å². The molecule has 112 valence electrons. The molecule has 1 nitrogen and oxygen atoms in total. The first-order valence-electron chi connectivity index (χ1n) is 7.65. The van der Waals surface area contributed by atoms with Gasteiger partial charge in [-0.25, -0.2) is 0 Å². The Morgan fingerprint density at radius 2 is 1.64 bits per heavy atom. The summed E-state index contributed by atoms with van der Waals surface area (Å²) >= 11 is 0. The lowest BCUT2D eigenvalue weighted by Gasteiger charge is -2.12. The summed E-state index contributed by atoms with van der Waals surface area (Å²) in [7, 11) is 0. The normalized spacial score (nSPS) is 11.0. The van der Waals surface area contributed by atoms with Crippen molar-refractivity contribution in [3.63, 3.8) is 0 Å². The molecule has 0 fully saturated rings. The lowest BCUT2D eigenvalue weighted by atomic mass is 9.92. The number of hydrogen-bond acceptors (Lipinski definition) is 1. The molecule has 0 aliphatic carbocycles. The van der Waals surface area contributed by atoms with Crippen LogP contribution in [0.15, 0.2) is 60.7 Å². The van der Waals surface area contributed by atoms with Gasteiger partial charge in [0, 0.05) is 0 Å². The molecule has 22 heavy (non-hydrogen) atoms. The predicted molar refractivity (Wildman–Crippen MR) is 90.0 cm³/mol. The highest BCUT2D eigenvalue weighted by atomic mass is 19.1. The van der Waals surface area contributed by atoms with E-state index in [0.717, 1.165) is 29.2 Å². The molecule has 0 amide bonds. The molecule has 0 aliphatic heterocycles. The standard InChI is InChI=1S/C20H19FO/c21-13-4-3-7-15-6-1-2-9-18(15)20-10-5-8-16-14-17(22)11-12-19(16)20/h1-2,5-6,8-12,14,22H,3-4,7,13H2. The van der Waals surface area contributed by atoms with Gasteiger partial charge in [-0.1, -0.05) is 48.5 Å². The quantitative estimate of drug-likeness (QED) is 0.616. The second-order valence-electron chi connectivity index (χ2n) is 5.51. The topological polar surface area (TPSA) is 20.2 Å². The third kappa shape index (κ3) is 2.96. The van der Waals surface area contributed by atoms with Gasteiger partial charge in [-0.3, -0.25) is 4.39 Å². The number of fused-ring (bicyclic) bond motifs is 1. The van der Waals surface area contributed by atoms with Crippen molar-refractivity contribution in [3.8, 4) is 16.9 Å². The highest BCUT2D eigenvalue weighted by molar-refractivity contribution is 5.97. The van der Waals surface area contributed by atoms with Crippen LogP contribution in [0.2, 0.25) is 0 Å². The zero-order valence-electron chi connectivity index (χ0n) is 12.4. The number of alkyl halides is 1. The van der Waals surface area contributed by atoms with E-state index in [9.17, 15) is 9.50 Å². The van der Waals surface area contributed by atoms with E-state index in [4.69, 9.17) is 0 Å². The first kappa shape index (κ1) is 14.6. The van der Waals surface area contributed by atoms with Crippen LogP contribution in [-0.4, -0.2) is 11.8 Å². The van der Waals surface area contributed by atoms with Crippen molar-refractivity contribution >= 4 is 10.8 Å². The first-order valence-corrected chi connectivity index (χ1v) is 7.65. The van der Waals surface area contributed by atoms with Gasteiger partial charge in [0.15, 0.2) is 0 Å². The van der Waals surface area contributed by atoms with Crippen molar-refractivity contribution in [2.75, 3.05) is 6.67 Å². The number of phenolic OH excluding ortho intramolecular Hbond substituents is 1. The van der Waals surface area contributed by atoms with Gasteiger partial charge in [-0.05, 0) is 58.9 Å². The fourth-order valence-corrected chi connectivity index (χ4v) is 2.92. The highest BCUT2D eigenvalue weighted by Crippen LogP contribution is 2.33. The molecule has 0 aromatic heterocycles. The van der Waals surface area contributed by atoms with Crippen molar-refractivity contribution in [1.29, 1.82) is 0 Å². The van der Waals surface area contributed by atoms with E-state index in [1.807, 2.05) is 30.3 Å². The molecule has 0 bridgehead atoms. The van der Waals surface area contributed by atoms with Crippen LogP contribution in [0.1, 0.15) is 18.4 Å². The summed E-state index contributed by atoms with van der Waals surface area (Å²) in [6, 6.07) is 19.9.